The summed E-state index contributed by atoms with van der Waals surface area (Å²) in [6.45, 7) is 5.54. The molecule has 2 aromatic heterocycles. The van der Waals surface area contributed by atoms with Crippen LogP contribution in [0.1, 0.15) is 22.5 Å². The molecule has 2 heterocycles. The zero-order valence-corrected chi connectivity index (χ0v) is 12.6. The smallest absolute Gasteiger partial charge is 0.223 e. The SMILES string of the molecule is CC(=O)Nc1nnc(SCc2nc(C)c(C)s2)s1. The van der Waals surface area contributed by atoms with Crippen LogP contribution < -0.4 is 5.32 Å². The molecular formula is C10H12N4OS3. The Kier molecular flexibility index (Phi) is 4.31. The van der Waals surface area contributed by atoms with Crippen LogP contribution in [0.5, 0.6) is 0 Å². The van der Waals surface area contributed by atoms with Crippen molar-refractivity contribution >= 4 is 45.5 Å². The molecule has 0 saturated carbocycles. The van der Waals surface area contributed by atoms with Crippen molar-refractivity contribution in [1.82, 2.24) is 15.2 Å². The minimum atomic E-state index is -0.131. The Morgan fingerprint density at radius 1 is 1.33 bits per heavy atom. The van der Waals surface area contributed by atoms with Gasteiger partial charge in [0.15, 0.2) is 4.34 Å². The molecule has 1 N–H and O–H groups in total. The number of amides is 1. The Labute approximate surface area is 117 Å². The summed E-state index contributed by atoms with van der Waals surface area (Å²) in [6.07, 6.45) is 0. The zero-order chi connectivity index (χ0) is 13.1. The maximum Gasteiger partial charge on any atom is 0.223 e. The summed E-state index contributed by atoms with van der Waals surface area (Å²) in [7, 11) is 0. The summed E-state index contributed by atoms with van der Waals surface area (Å²) in [4.78, 5) is 16.6. The predicted octanol–water partition coefficient (Wildman–Crippen LogP) is 2.86. The topological polar surface area (TPSA) is 67.8 Å². The van der Waals surface area contributed by atoms with Crippen LogP contribution in [-0.4, -0.2) is 21.1 Å². The second-order valence-corrected chi connectivity index (χ2v) is 7.08. The van der Waals surface area contributed by atoms with Crippen molar-refractivity contribution in [3.8, 4) is 0 Å². The molecule has 0 aliphatic carbocycles. The third-order valence-corrected chi connectivity index (χ3v) is 5.32. The molecule has 96 valence electrons. The summed E-state index contributed by atoms with van der Waals surface area (Å²) in [5.41, 5.74) is 1.09. The standard InChI is InChI=1S/C10H12N4OS3/c1-5-6(2)17-8(11-5)4-16-10-14-13-9(18-10)12-7(3)15/h4H2,1-3H3,(H,12,13,15). The van der Waals surface area contributed by atoms with Crippen molar-refractivity contribution in [1.29, 1.82) is 0 Å². The van der Waals surface area contributed by atoms with Crippen LogP contribution in [0.2, 0.25) is 0 Å². The predicted molar refractivity (Wildman–Crippen MR) is 75.4 cm³/mol. The van der Waals surface area contributed by atoms with Gasteiger partial charge < -0.3 is 5.32 Å². The third-order valence-electron chi connectivity index (χ3n) is 2.08. The van der Waals surface area contributed by atoms with E-state index in [1.165, 1.54) is 23.1 Å². The average molecular weight is 300 g/mol. The first-order valence-electron chi connectivity index (χ1n) is 5.21. The summed E-state index contributed by atoms with van der Waals surface area (Å²) < 4.78 is 0.837. The second kappa shape index (κ2) is 5.77. The Morgan fingerprint density at radius 2 is 2.11 bits per heavy atom. The Morgan fingerprint density at radius 3 is 2.72 bits per heavy atom. The molecule has 0 fully saturated rings. The van der Waals surface area contributed by atoms with E-state index >= 15 is 0 Å². The number of hydrogen-bond acceptors (Lipinski definition) is 7. The molecule has 0 saturated heterocycles. The number of carbonyl (C=O) groups is 1. The molecular weight excluding hydrogens is 288 g/mol. The van der Waals surface area contributed by atoms with Gasteiger partial charge in [0.05, 0.1) is 11.4 Å². The normalized spacial score (nSPS) is 10.6. The molecule has 0 bridgehead atoms. The van der Waals surface area contributed by atoms with Gasteiger partial charge in [-0.2, -0.15) is 0 Å². The van der Waals surface area contributed by atoms with Crippen LogP contribution >= 0.6 is 34.4 Å². The fraction of sp³-hybridized carbons (Fsp3) is 0.400. The van der Waals surface area contributed by atoms with E-state index < -0.39 is 0 Å². The van der Waals surface area contributed by atoms with E-state index in [0.29, 0.717) is 5.13 Å². The van der Waals surface area contributed by atoms with Crippen LogP contribution in [0.25, 0.3) is 0 Å². The molecule has 1 amide bonds. The number of rotatable bonds is 4. The van der Waals surface area contributed by atoms with Gasteiger partial charge in [-0.1, -0.05) is 23.1 Å². The van der Waals surface area contributed by atoms with Crippen LogP contribution in [0.15, 0.2) is 4.34 Å². The fourth-order valence-electron chi connectivity index (χ4n) is 1.19. The van der Waals surface area contributed by atoms with Gasteiger partial charge in [-0.3, -0.25) is 4.79 Å². The molecule has 2 aromatic rings. The maximum absolute atomic E-state index is 10.9. The number of aryl methyl sites for hydroxylation is 2. The summed E-state index contributed by atoms with van der Waals surface area (Å²) in [5, 5.41) is 12.1. The van der Waals surface area contributed by atoms with E-state index in [2.05, 4.69) is 27.4 Å². The first kappa shape index (κ1) is 13.4. The van der Waals surface area contributed by atoms with Crippen LogP contribution in [0.3, 0.4) is 0 Å². The monoisotopic (exact) mass is 300 g/mol. The van der Waals surface area contributed by atoms with Gasteiger partial charge in [-0.05, 0) is 13.8 Å². The first-order valence-corrected chi connectivity index (χ1v) is 7.83. The van der Waals surface area contributed by atoms with Gasteiger partial charge in [0, 0.05) is 11.8 Å². The molecule has 0 radical (unpaired) electrons. The van der Waals surface area contributed by atoms with Crippen molar-refractivity contribution in [2.75, 3.05) is 5.32 Å². The van der Waals surface area contributed by atoms with Gasteiger partial charge in [0.1, 0.15) is 5.01 Å². The Bertz CT molecular complexity index is 544. The highest BCUT2D eigenvalue weighted by atomic mass is 32.2. The lowest BCUT2D eigenvalue weighted by Crippen LogP contribution is -2.04. The lowest BCUT2D eigenvalue weighted by atomic mass is 10.4. The maximum atomic E-state index is 10.9. The van der Waals surface area contributed by atoms with Gasteiger partial charge in [0.2, 0.25) is 11.0 Å². The van der Waals surface area contributed by atoms with Crippen LogP contribution in [0.4, 0.5) is 5.13 Å². The van der Waals surface area contributed by atoms with Crippen molar-refractivity contribution < 1.29 is 4.79 Å². The van der Waals surface area contributed by atoms with Crippen LogP contribution in [-0.2, 0) is 10.5 Å². The van der Waals surface area contributed by atoms with E-state index in [4.69, 9.17) is 0 Å². The van der Waals surface area contributed by atoms with E-state index in [0.717, 1.165) is 20.8 Å². The van der Waals surface area contributed by atoms with Gasteiger partial charge >= 0.3 is 0 Å². The number of thiazole rings is 1. The average Bonchev–Trinajstić information content (AvgIpc) is 2.84. The highest BCUT2D eigenvalue weighted by Crippen LogP contribution is 2.30. The summed E-state index contributed by atoms with van der Waals surface area (Å²) in [5.74, 6) is 0.655. The second-order valence-electron chi connectivity index (χ2n) is 3.59. The minimum Gasteiger partial charge on any atom is -0.301 e. The summed E-state index contributed by atoms with van der Waals surface area (Å²) in [6, 6.07) is 0. The van der Waals surface area contributed by atoms with Gasteiger partial charge in [0.25, 0.3) is 0 Å². The molecule has 8 heteroatoms. The van der Waals surface area contributed by atoms with E-state index in [1.54, 1.807) is 23.1 Å². The number of hydrogen-bond donors (Lipinski definition) is 1. The van der Waals surface area contributed by atoms with Gasteiger partial charge in [-0.15, -0.1) is 21.5 Å². The van der Waals surface area contributed by atoms with Crippen LogP contribution in [0, 0.1) is 13.8 Å². The highest BCUT2D eigenvalue weighted by Gasteiger charge is 2.08. The lowest BCUT2D eigenvalue weighted by Gasteiger charge is -1.92. The molecule has 18 heavy (non-hydrogen) atoms. The van der Waals surface area contributed by atoms with E-state index in [1.807, 2.05) is 6.92 Å². The van der Waals surface area contributed by atoms with Crippen molar-refractivity contribution in [2.24, 2.45) is 0 Å². The van der Waals surface area contributed by atoms with Crippen molar-refractivity contribution in [2.45, 2.75) is 30.9 Å². The Balaban J connectivity index is 1.93. The molecule has 0 aliphatic rings. The fourth-order valence-corrected chi connectivity index (χ4v) is 3.92. The molecule has 0 spiro atoms. The zero-order valence-electron chi connectivity index (χ0n) is 10.2. The largest absolute Gasteiger partial charge is 0.301 e. The lowest BCUT2D eigenvalue weighted by molar-refractivity contribution is -0.114. The number of aromatic nitrogens is 3. The molecule has 0 aromatic carbocycles. The van der Waals surface area contributed by atoms with E-state index in [-0.39, 0.29) is 5.91 Å². The van der Waals surface area contributed by atoms with Crippen molar-refractivity contribution in [3.63, 3.8) is 0 Å². The van der Waals surface area contributed by atoms with E-state index in [9.17, 15) is 4.79 Å². The number of nitrogens with zero attached hydrogens (tertiary/aromatic N) is 3. The molecule has 2 rings (SSSR count). The number of nitrogens with one attached hydrogen (secondary N) is 1. The van der Waals surface area contributed by atoms with Crippen molar-refractivity contribution in [3.05, 3.63) is 15.6 Å². The minimum absolute atomic E-state index is 0.131. The first-order chi connectivity index (χ1) is 8.54. The van der Waals surface area contributed by atoms with Gasteiger partial charge in [-0.25, -0.2) is 4.98 Å². The Hall–Kier alpha value is -0.990. The number of thioether (sulfide) groups is 1. The number of anilines is 1. The molecule has 5 nitrogen and oxygen atoms in total. The quantitative estimate of drug-likeness (QED) is 0.694. The highest BCUT2D eigenvalue weighted by molar-refractivity contribution is 8.00. The number of carbonyl (C=O) groups excluding carboxylic acids is 1. The molecule has 0 unspecified atom stereocenters. The molecule has 0 atom stereocenters. The molecule has 0 aliphatic heterocycles. The summed E-state index contributed by atoms with van der Waals surface area (Å²) >= 11 is 4.67. The third kappa shape index (κ3) is 3.50.